The summed E-state index contributed by atoms with van der Waals surface area (Å²) in [5.74, 6) is 1.59. The van der Waals surface area contributed by atoms with Crippen molar-refractivity contribution in [3.8, 4) is 11.8 Å². The van der Waals surface area contributed by atoms with Gasteiger partial charge in [0.15, 0.2) is 5.75 Å². The molecule has 1 N–H and O–H groups in total. The predicted octanol–water partition coefficient (Wildman–Crippen LogP) is 3.07. The van der Waals surface area contributed by atoms with Crippen molar-refractivity contribution >= 4 is 11.0 Å². The number of rotatable bonds is 4. The van der Waals surface area contributed by atoms with E-state index in [2.05, 4.69) is 11.4 Å². The zero-order valence-corrected chi connectivity index (χ0v) is 11.4. The van der Waals surface area contributed by atoms with Crippen LogP contribution in [0.25, 0.3) is 11.0 Å². The highest BCUT2D eigenvalue weighted by atomic mass is 16.5. The van der Waals surface area contributed by atoms with Gasteiger partial charge in [0.1, 0.15) is 11.7 Å². The van der Waals surface area contributed by atoms with Crippen molar-refractivity contribution in [2.75, 3.05) is 19.7 Å². The maximum Gasteiger partial charge on any atom is 0.246 e. The molecule has 4 nitrogen and oxygen atoms in total. The molecule has 0 atom stereocenters. The molecular weight excluding hydrogens is 252 g/mol. The first kappa shape index (κ1) is 13.0. The highest BCUT2D eigenvalue weighted by Gasteiger charge is 2.17. The van der Waals surface area contributed by atoms with Crippen molar-refractivity contribution < 1.29 is 9.15 Å². The molecule has 1 aliphatic heterocycles. The van der Waals surface area contributed by atoms with Crippen molar-refractivity contribution in [1.29, 1.82) is 5.26 Å². The molecule has 4 heteroatoms. The predicted molar refractivity (Wildman–Crippen MR) is 76.6 cm³/mol. The smallest absolute Gasteiger partial charge is 0.246 e. The molecule has 0 amide bonds. The Bertz CT molecular complexity index is 621. The summed E-state index contributed by atoms with van der Waals surface area (Å²) in [7, 11) is 0. The Balaban J connectivity index is 1.69. The van der Waals surface area contributed by atoms with Gasteiger partial charge in [-0.3, -0.25) is 0 Å². The second-order valence-corrected chi connectivity index (χ2v) is 5.20. The van der Waals surface area contributed by atoms with Gasteiger partial charge in [-0.15, -0.1) is 0 Å². The average molecular weight is 270 g/mol. The Morgan fingerprint density at radius 1 is 1.30 bits per heavy atom. The number of furan rings is 1. The van der Waals surface area contributed by atoms with Crippen LogP contribution in [0.2, 0.25) is 0 Å². The lowest BCUT2D eigenvalue weighted by atomic mass is 9.95. The van der Waals surface area contributed by atoms with Gasteiger partial charge in [0.25, 0.3) is 0 Å². The van der Waals surface area contributed by atoms with Gasteiger partial charge in [0.05, 0.1) is 12.0 Å². The second-order valence-electron chi connectivity index (χ2n) is 5.20. The van der Waals surface area contributed by atoms with Crippen LogP contribution in [-0.4, -0.2) is 19.7 Å². The number of para-hydroxylation sites is 1. The molecule has 1 aromatic heterocycles. The van der Waals surface area contributed by atoms with Gasteiger partial charge in [0.2, 0.25) is 5.76 Å². The lowest BCUT2D eigenvalue weighted by molar-refractivity contribution is 0.251. The SMILES string of the molecule is N#Cc1oc2ccccc2c1OCCC1CCNCC1. The number of nitrogens with one attached hydrogen (secondary N) is 1. The maximum absolute atomic E-state index is 9.14. The summed E-state index contributed by atoms with van der Waals surface area (Å²) in [6, 6.07) is 9.68. The molecule has 0 bridgehead atoms. The maximum atomic E-state index is 9.14. The molecule has 0 spiro atoms. The van der Waals surface area contributed by atoms with Gasteiger partial charge in [-0.25, -0.2) is 0 Å². The topological polar surface area (TPSA) is 58.2 Å². The molecule has 0 saturated carbocycles. The van der Waals surface area contributed by atoms with E-state index < -0.39 is 0 Å². The van der Waals surface area contributed by atoms with Crippen LogP contribution in [0.3, 0.4) is 0 Å². The summed E-state index contributed by atoms with van der Waals surface area (Å²) < 4.78 is 11.3. The van der Waals surface area contributed by atoms with E-state index in [-0.39, 0.29) is 5.76 Å². The van der Waals surface area contributed by atoms with Gasteiger partial charge in [-0.1, -0.05) is 12.1 Å². The molecule has 1 aromatic carbocycles. The number of nitriles is 1. The number of nitrogens with zero attached hydrogens (tertiary/aromatic N) is 1. The molecule has 3 rings (SSSR count). The molecule has 1 saturated heterocycles. The zero-order chi connectivity index (χ0) is 13.8. The van der Waals surface area contributed by atoms with Crippen LogP contribution in [0.4, 0.5) is 0 Å². The second kappa shape index (κ2) is 5.98. The van der Waals surface area contributed by atoms with Crippen LogP contribution >= 0.6 is 0 Å². The van der Waals surface area contributed by atoms with Gasteiger partial charge in [-0.2, -0.15) is 5.26 Å². The molecular formula is C16H18N2O2. The van der Waals surface area contributed by atoms with Crippen molar-refractivity contribution in [3.63, 3.8) is 0 Å². The summed E-state index contributed by atoms with van der Waals surface area (Å²) in [6.45, 7) is 2.84. The third kappa shape index (κ3) is 2.63. The summed E-state index contributed by atoms with van der Waals surface area (Å²) in [4.78, 5) is 0. The number of hydrogen-bond donors (Lipinski definition) is 1. The minimum atomic E-state index is 0.275. The van der Waals surface area contributed by atoms with Crippen LogP contribution in [0.5, 0.6) is 5.75 Å². The molecule has 0 unspecified atom stereocenters. The minimum absolute atomic E-state index is 0.275. The van der Waals surface area contributed by atoms with E-state index in [9.17, 15) is 0 Å². The third-order valence-corrected chi connectivity index (χ3v) is 3.88. The fraction of sp³-hybridized carbons (Fsp3) is 0.438. The highest BCUT2D eigenvalue weighted by molar-refractivity contribution is 5.86. The largest absolute Gasteiger partial charge is 0.488 e. The summed E-state index contributed by atoms with van der Waals surface area (Å²) in [6.07, 6.45) is 3.45. The first-order valence-electron chi connectivity index (χ1n) is 7.13. The van der Waals surface area contributed by atoms with Crippen LogP contribution in [0.15, 0.2) is 28.7 Å². The van der Waals surface area contributed by atoms with E-state index >= 15 is 0 Å². The fourth-order valence-corrected chi connectivity index (χ4v) is 2.74. The summed E-state index contributed by atoms with van der Waals surface area (Å²) in [5.41, 5.74) is 0.709. The normalized spacial score (nSPS) is 16.1. The van der Waals surface area contributed by atoms with E-state index in [1.54, 1.807) is 0 Å². The van der Waals surface area contributed by atoms with E-state index in [0.717, 1.165) is 30.8 Å². The Labute approximate surface area is 118 Å². The number of piperidine rings is 1. The van der Waals surface area contributed by atoms with Gasteiger partial charge in [0, 0.05) is 0 Å². The third-order valence-electron chi connectivity index (χ3n) is 3.88. The quantitative estimate of drug-likeness (QED) is 0.927. The number of ether oxygens (including phenoxy) is 1. The summed E-state index contributed by atoms with van der Waals surface area (Å²) >= 11 is 0. The van der Waals surface area contributed by atoms with E-state index in [1.165, 1.54) is 12.8 Å². The van der Waals surface area contributed by atoms with Crippen molar-refractivity contribution in [3.05, 3.63) is 30.0 Å². The van der Waals surface area contributed by atoms with Crippen LogP contribution in [0, 0.1) is 17.2 Å². The molecule has 104 valence electrons. The Morgan fingerprint density at radius 2 is 2.10 bits per heavy atom. The van der Waals surface area contributed by atoms with E-state index in [1.807, 2.05) is 24.3 Å². The molecule has 2 aromatic rings. The molecule has 0 radical (unpaired) electrons. The van der Waals surface area contributed by atoms with Gasteiger partial charge >= 0.3 is 0 Å². The van der Waals surface area contributed by atoms with Crippen molar-refractivity contribution in [2.24, 2.45) is 5.92 Å². The Morgan fingerprint density at radius 3 is 2.90 bits per heavy atom. The van der Waals surface area contributed by atoms with E-state index in [0.29, 0.717) is 17.9 Å². The molecule has 20 heavy (non-hydrogen) atoms. The zero-order valence-electron chi connectivity index (χ0n) is 11.4. The molecule has 1 aliphatic rings. The highest BCUT2D eigenvalue weighted by Crippen LogP contribution is 2.32. The van der Waals surface area contributed by atoms with Crippen molar-refractivity contribution in [2.45, 2.75) is 19.3 Å². The molecule has 0 aliphatic carbocycles. The van der Waals surface area contributed by atoms with Crippen LogP contribution < -0.4 is 10.1 Å². The molecule has 1 fully saturated rings. The van der Waals surface area contributed by atoms with Crippen LogP contribution in [0.1, 0.15) is 25.0 Å². The lowest BCUT2D eigenvalue weighted by Gasteiger charge is -2.22. The monoisotopic (exact) mass is 270 g/mol. The van der Waals surface area contributed by atoms with Gasteiger partial charge < -0.3 is 14.5 Å². The standard InChI is InChI=1S/C16H18N2O2/c17-11-15-16(13-3-1-2-4-14(13)20-15)19-10-7-12-5-8-18-9-6-12/h1-4,12,18H,5-10H2. The van der Waals surface area contributed by atoms with Crippen molar-refractivity contribution in [1.82, 2.24) is 5.32 Å². The number of hydrogen-bond acceptors (Lipinski definition) is 4. The first-order chi connectivity index (χ1) is 9.88. The first-order valence-corrected chi connectivity index (χ1v) is 7.13. The molecule has 2 heterocycles. The van der Waals surface area contributed by atoms with Gasteiger partial charge in [-0.05, 0) is 50.4 Å². The minimum Gasteiger partial charge on any atom is -0.488 e. The Hall–Kier alpha value is -1.99. The lowest BCUT2D eigenvalue weighted by Crippen LogP contribution is -2.28. The number of fused-ring (bicyclic) bond motifs is 1. The van der Waals surface area contributed by atoms with Crippen LogP contribution in [-0.2, 0) is 0 Å². The number of benzene rings is 1. The fourth-order valence-electron chi connectivity index (χ4n) is 2.74. The van der Waals surface area contributed by atoms with E-state index in [4.69, 9.17) is 14.4 Å². The summed E-state index contributed by atoms with van der Waals surface area (Å²) in [5, 5.41) is 13.4. The average Bonchev–Trinajstić information content (AvgIpc) is 2.87. The Kier molecular flexibility index (Phi) is 3.89.